The van der Waals surface area contributed by atoms with Crippen LogP contribution < -0.4 is 0 Å². The minimum atomic E-state index is -0.818. The van der Waals surface area contributed by atoms with E-state index in [0.29, 0.717) is 25.9 Å². The number of aromatic nitrogens is 1. The topological polar surface area (TPSA) is 70.5 Å². The zero-order valence-corrected chi connectivity index (χ0v) is 9.37. The molecule has 2 rings (SSSR count). The Labute approximate surface area is 99.1 Å². The summed E-state index contributed by atoms with van der Waals surface area (Å²) in [7, 11) is 0. The van der Waals surface area contributed by atoms with E-state index in [9.17, 15) is 9.59 Å². The van der Waals surface area contributed by atoms with Crippen molar-refractivity contribution < 1.29 is 14.7 Å². The summed E-state index contributed by atoms with van der Waals surface area (Å²) in [5.74, 6) is -1.25. The zero-order valence-electron chi connectivity index (χ0n) is 9.37. The Hall–Kier alpha value is -1.91. The third-order valence-electron chi connectivity index (χ3n) is 2.97. The minimum absolute atomic E-state index is 0.0262. The van der Waals surface area contributed by atoms with E-state index in [4.69, 9.17) is 5.11 Å². The van der Waals surface area contributed by atoms with Crippen molar-refractivity contribution in [2.24, 2.45) is 5.92 Å². The van der Waals surface area contributed by atoms with E-state index >= 15 is 0 Å². The van der Waals surface area contributed by atoms with Gasteiger partial charge in [0.1, 0.15) is 0 Å². The van der Waals surface area contributed by atoms with Gasteiger partial charge in [-0.1, -0.05) is 6.07 Å². The van der Waals surface area contributed by atoms with Crippen molar-refractivity contribution in [1.82, 2.24) is 9.88 Å². The van der Waals surface area contributed by atoms with E-state index < -0.39 is 11.9 Å². The predicted octanol–water partition coefficient (Wildman–Crippen LogP) is 0.557. The maximum Gasteiger partial charge on any atom is 0.308 e. The Morgan fingerprint density at radius 3 is 2.94 bits per heavy atom. The van der Waals surface area contributed by atoms with Gasteiger partial charge in [0.2, 0.25) is 5.91 Å². The van der Waals surface area contributed by atoms with Crippen molar-refractivity contribution in [3.63, 3.8) is 0 Å². The zero-order chi connectivity index (χ0) is 12.3. The highest BCUT2D eigenvalue weighted by Gasteiger charge is 2.30. The molecule has 2 heterocycles. The minimum Gasteiger partial charge on any atom is -0.481 e. The van der Waals surface area contributed by atoms with Crippen LogP contribution in [0, 0.1) is 5.92 Å². The summed E-state index contributed by atoms with van der Waals surface area (Å²) in [6, 6.07) is 3.63. The molecule has 0 unspecified atom stereocenters. The lowest BCUT2D eigenvalue weighted by molar-refractivity contribution is -0.141. The van der Waals surface area contributed by atoms with Gasteiger partial charge in [-0.2, -0.15) is 0 Å². The Kier molecular flexibility index (Phi) is 3.37. The second-order valence-corrected chi connectivity index (χ2v) is 4.20. The molecule has 1 aromatic heterocycles. The summed E-state index contributed by atoms with van der Waals surface area (Å²) in [4.78, 5) is 28.2. The summed E-state index contributed by atoms with van der Waals surface area (Å²) in [6.07, 6.45) is 4.15. The molecule has 1 aliphatic heterocycles. The molecule has 0 aliphatic carbocycles. The van der Waals surface area contributed by atoms with E-state index in [1.54, 1.807) is 23.4 Å². The van der Waals surface area contributed by atoms with Gasteiger partial charge in [0.25, 0.3) is 0 Å². The quantitative estimate of drug-likeness (QED) is 0.829. The molecule has 1 saturated heterocycles. The summed E-state index contributed by atoms with van der Waals surface area (Å²) < 4.78 is 0. The number of pyridine rings is 1. The van der Waals surface area contributed by atoms with Crippen LogP contribution in [-0.4, -0.2) is 40.0 Å². The van der Waals surface area contributed by atoms with Crippen LogP contribution in [0.25, 0.3) is 0 Å². The van der Waals surface area contributed by atoms with E-state index in [-0.39, 0.29) is 5.91 Å². The molecule has 1 N–H and O–H groups in total. The van der Waals surface area contributed by atoms with Crippen molar-refractivity contribution in [2.45, 2.75) is 12.8 Å². The average molecular weight is 234 g/mol. The third kappa shape index (κ3) is 2.81. The first-order valence-electron chi connectivity index (χ1n) is 5.56. The summed E-state index contributed by atoms with van der Waals surface area (Å²) in [5, 5.41) is 8.85. The second kappa shape index (κ2) is 4.95. The maximum absolute atomic E-state index is 11.9. The predicted molar refractivity (Wildman–Crippen MR) is 60.3 cm³/mol. The molecule has 0 spiro atoms. The number of likely N-dealkylation sites (tertiary alicyclic amines) is 1. The molecule has 0 aromatic carbocycles. The molecule has 1 fully saturated rings. The van der Waals surface area contributed by atoms with Crippen LogP contribution in [0.3, 0.4) is 0 Å². The molecular formula is C12H14N2O3. The van der Waals surface area contributed by atoms with Crippen LogP contribution in [0.15, 0.2) is 24.5 Å². The normalized spacial score (nSPS) is 19.3. The molecule has 17 heavy (non-hydrogen) atoms. The van der Waals surface area contributed by atoms with Crippen LogP contribution in [0.5, 0.6) is 0 Å². The molecule has 0 saturated carbocycles. The van der Waals surface area contributed by atoms with Crippen LogP contribution in [0.1, 0.15) is 12.0 Å². The summed E-state index contributed by atoms with van der Waals surface area (Å²) >= 11 is 0. The fourth-order valence-corrected chi connectivity index (χ4v) is 1.98. The maximum atomic E-state index is 11.9. The highest BCUT2D eigenvalue weighted by molar-refractivity contribution is 5.80. The first-order chi connectivity index (χ1) is 8.16. The lowest BCUT2D eigenvalue weighted by Gasteiger charge is -2.15. The van der Waals surface area contributed by atoms with Crippen molar-refractivity contribution >= 4 is 11.9 Å². The van der Waals surface area contributed by atoms with E-state index in [2.05, 4.69) is 4.98 Å². The Balaban J connectivity index is 1.92. The molecule has 1 aliphatic rings. The molecule has 5 heteroatoms. The molecule has 1 atom stereocenters. The number of carboxylic acid groups (broad SMARTS) is 1. The smallest absolute Gasteiger partial charge is 0.308 e. The van der Waals surface area contributed by atoms with Crippen LogP contribution >= 0.6 is 0 Å². The van der Waals surface area contributed by atoms with E-state index in [1.807, 2.05) is 6.07 Å². The van der Waals surface area contributed by atoms with Gasteiger partial charge < -0.3 is 10.0 Å². The Morgan fingerprint density at radius 2 is 2.35 bits per heavy atom. The van der Waals surface area contributed by atoms with Crippen molar-refractivity contribution in [2.75, 3.05) is 13.1 Å². The molecule has 5 nitrogen and oxygen atoms in total. The SMILES string of the molecule is O=C(O)[C@@H]1CCN(C(=O)Cc2cccnc2)C1. The first kappa shape index (κ1) is 11.6. The van der Waals surface area contributed by atoms with Gasteiger partial charge >= 0.3 is 5.97 Å². The lowest BCUT2D eigenvalue weighted by atomic mass is 10.1. The van der Waals surface area contributed by atoms with Gasteiger partial charge in [0, 0.05) is 25.5 Å². The number of carbonyl (C=O) groups excluding carboxylic acids is 1. The number of hydrogen-bond donors (Lipinski definition) is 1. The van der Waals surface area contributed by atoms with Gasteiger partial charge in [-0.25, -0.2) is 0 Å². The number of nitrogens with zero attached hydrogens (tertiary/aromatic N) is 2. The van der Waals surface area contributed by atoms with Crippen molar-refractivity contribution in [3.8, 4) is 0 Å². The summed E-state index contributed by atoms with van der Waals surface area (Å²) in [6.45, 7) is 0.866. The van der Waals surface area contributed by atoms with Crippen LogP contribution in [0.2, 0.25) is 0 Å². The van der Waals surface area contributed by atoms with Gasteiger partial charge in [0.05, 0.1) is 12.3 Å². The standard InChI is InChI=1S/C12H14N2O3/c15-11(6-9-2-1-4-13-7-9)14-5-3-10(8-14)12(16)17/h1-2,4,7,10H,3,5-6,8H2,(H,16,17)/t10-/m1/s1. The molecule has 1 amide bonds. The van der Waals surface area contributed by atoms with Gasteiger partial charge in [-0.3, -0.25) is 14.6 Å². The van der Waals surface area contributed by atoms with Crippen molar-refractivity contribution in [3.05, 3.63) is 30.1 Å². The van der Waals surface area contributed by atoms with Crippen molar-refractivity contribution in [1.29, 1.82) is 0 Å². The summed E-state index contributed by atoms with van der Waals surface area (Å²) in [5.41, 5.74) is 0.858. The van der Waals surface area contributed by atoms with Gasteiger partial charge in [0.15, 0.2) is 0 Å². The molecular weight excluding hydrogens is 220 g/mol. The number of hydrogen-bond acceptors (Lipinski definition) is 3. The number of carboxylic acids is 1. The van der Waals surface area contributed by atoms with E-state index in [0.717, 1.165) is 5.56 Å². The highest BCUT2D eigenvalue weighted by atomic mass is 16.4. The largest absolute Gasteiger partial charge is 0.481 e. The highest BCUT2D eigenvalue weighted by Crippen LogP contribution is 2.17. The number of aliphatic carboxylic acids is 1. The fraction of sp³-hybridized carbons (Fsp3) is 0.417. The Morgan fingerprint density at radius 1 is 1.53 bits per heavy atom. The number of carbonyl (C=O) groups is 2. The molecule has 0 bridgehead atoms. The monoisotopic (exact) mass is 234 g/mol. The van der Waals surface area contributed by atoms with Crippen LogP contribution in [0.4, 0.5) is 0 Å². The lowest BCUT2D eigenvalue weighted by Crippen LogP contribution is -2.31. The molecule has 90 valence electrons. The van der Waals surface area contributed by atoms with E-state index in [1.165, 1.54) is 0 Å². The average Bonchev–Trinajstić information content (AvgIpc) is 2.79. The first-order valence-corrected chi connectivity index (χ1v) is 5.56. The van der Waals surface area contributed by atoms with Gasteiger partial charge in [-0.15, -0.1) is 0 Å². The van der Waals surface area contributed by atoms with Crippen LogP contribution in [-0.2, 0) is 16.0 Å². The fourth-order valence-electron chi connectivity index (χ4n) is 1.98. The second-order valence-electron chi connectivity index (χ2n) is 4.20. The Bertz CT molecular complexity index is 419. The third-order valence-corrected chi connectivity index (χ3v) is 2.97. The number of amides is 1. The molecule has 1 aromatic rings. The van der Waals surface area contributed by atoms with Gasteiger partial charge in [-0.05, 0) is 18.1 Å². The molecule has 0 radical (unpaired) electrons. The number of rotatable bonds is 3.